The van der Waals surface area contributed by atoms with Gasteiger partial charge in [0.15, 0.2) is 0 Å². The van der Waals surface area contributed by atoms with Crippen molar-refractivity contribution in [2.75, 3.05) is 6.61 Å². The van der Waals surface area contributed by atoms with Crippen LogP contribution in [-0.2, 0) is 11.3 Å². The van der Waals surface area contributed by atoms with E-state index in [-0.39, 0.29) is 5.97 Å². The summed E-state index contributed by atoms with van der Waals surface area (Å²) in [5.41, 5.74) is 0.876. The second-order valence-electron chi connectivity index (χ2n) is 4.64. The Balaban J connectivity index is 1.76. The van der Waals surface area contributed by atoms with E-state index < -0.39 is 0 Å². The van der Waals surface area contributed by atoms with Crippen molar-refractivity contribution in [3.8, 4) is 5.75 Å². The third-order valence-corrected chi connectivity index (χ3v) is 4.16. The molecule has 0 aliphatic heterocycles. The van der Waals surface area contributed by atoms with Gasteiger partial charge in [-0.2, -0.15) is 0 Å². The normalized spacial score (nSPS) is 10.6. The summed E-state index contributed by atoms with van der Waals surface area (Å²) in [5, 5.41) is 1.01. The molecule has 1 aromatic carbocycles. The SMILES string of the molecule is CCOC(=O)c1cc2ccc(OCc3ccccn3)cc2s1. The van der Waals surface area contributed by atoms with E-state index in [2.05, 4.69) is 4.98 Å². The molecule has 0 amide bonds. The highest BCUT2D eigenvalue weighted by molar-refractivity contribution is 7.20. The number of hydrogen-bond donors (Lipinski definition) is 0. The Morgan fingerprint density at radius 3 is 2.91 bits per heavy atom. The molecule has 112 valence electrons. The van der Waals surface area contributed by atoms with Crippen molar-refractivity contribution < 1.29 is 14.3 Å². The van der Waals surface area contributed by atoms with Crippen molar-refractivity contribution in [2.24, 2.45) is 0 Å². The summed E-state index contributed by atoms with van der Waals surface area (Å²) in [6.07, 6.45) is 1.74. The van der Waals surface area contributed by atoms with Crippen molar-refractivity contribution in [1.29, 1.82) is 0 Å². The topological polar surface area (TPSA) is 48.4 Å². The highest BCUT2D eigenvalue weighted by atomic mass is 32.1. The molecule has 0 atom stereocenters. The minimum absolute atomic E-state index is 0.278. The Kier molecular flexibility index (Phi) is 4.34. The molecule has 0 N–H and O–H groups in total. The fourth-order valence-corrected chi connectivity index (χ4v) is 3.03. The molecule has 3 rings (SSSR count). The van der Waals surface area contributed by atoms with E-state index >= 15 is 0 Å². The molecule has 4 nitrogen and oxygen atoms in total. The predicted molar refractivity (Wildman–Crippen MR) is 86.4 cm³/mol. The average molecular weight is 313 g/mol. The van der Waals surface area contributed by atoms with E-state index in [1.807, 2.05) is 42.5 Å². The van der Waals surface area contributed by atoms with Crippen LogP contribution in [0, 0.1) is 0 Å². The number of rotatable bonds is 5. The number of esters is 1. The van der Waals surface area contributed by atoms with Crippen LogP contribution in [0.4, 0.5) is 0 Å². The van der Waals surface area contributed by atoms with Crippen LogP contribution in [-0.4, -0.2) is 17.6 Å². The first kappa shape index (κ1) is 14.5. The van der Waals surface area contributed by atoms with Crippen LogP contribution in [0.5, 0.6) is 5.75 Å². The lowest BCUT2D eigenvalue weighted by atomic mass is 10.2. The maximum Gasteiger partial charge on any atom is 0.348 e. The molecule has 0 radical (unpaired) electrons. The number of aromatic nitrogens is 1. The first-order valence-electron chi connectivity index (χ1n) is 6.99. The minimum Gasteiger partial charge on any atom is -0.487 e. The molecule has 22 heavy (non-hydrogen) atoms. The lowest BCUT2D eigenvalue weighted by molar-refractivity contribution is 0.0532. The van der Waals surface area contributed by atoms with Gasteiger partial charge in [0.1, 0.15) is 17.2 Å². The highest BCUT2D eigenvalue weighted by Gasteiger charge is 2.11. The van der Waals surface area contributed by atoms with Crippen LogP contribution < -0.4 is 4.74 Å². The van der Waals surface area contributed by atoms with E-state index in [0.717, 1.165) is 21.5 Å². The molecule has 0 aliphatic rings. The minimum atomic E-state index is -0.278. The van der Waals surface area contributed by atoms with Crippen LogP contribution in [0.15, 0.2) is 48.7 Å². The molecule has 2 heterocycles. The van der Waals surface area contributed by atoms with E-state index in [1.165, 1.54) is 11.3 Å². The highest BCUT2D eigenvalue weighted by Crippen LogP contribution is 2.29. The fraction of sp³-hybridized carbons (Fsp3) is 0.176. The fourth-order valence-electron chi connectivity index (χ4n) is 2.04. The molecule has 0 aliphatic carbocycles. The summed E-state index contributed by atoms with van der Waals surface area (Å²) >= 11 is 1.41. The van der Waals surface area contributed by atoms with Crippen molar-refractivity contribution in [3.05, 3.63) is 59.2 Å². The van der Waals surface area contributed by atoms with Crippen LogP contribution in [0.2, 0.25) is 0 Å². The van der Waals surface area contributed by atoms with E-state index in [4.69, 9.17) is 9.47 Å². The molecule has 0 bridgehead atoms. The van der Waals surface area contributed by atoms with E-state index in [1.54, 1.807) is 13.1 Å². The molecular weight excluding hydrogens is 298 g/mol. The van der Waals surface area contributed by atoms with Gasteiger partial charge in [-0.05, 0) is 48.7 Å². The summed E-state index contributed by atoms with van der Waals surface area (Å²) in [7, 11) is 0. The molecular formula is C17H15NO3S. The zero-order valence-corrected chi connectivity index (χ0v) is 12.9. The molecule has 5 heteroatoms. The van der Waals surface area contributed by atoms with Crippen molar-refractivity contribution in [1.82, 2.24) is 4.98 Å². The largest absolute Gasteiger partial charge is 0.487 e. The third kappa shape index (κ3) is 3.26. The van der Waals surface area contributed by atoms with Crippen LogP contribution in [0.1, 0.15) is 22.3 Å². The standard InChI is InChI=1S/C17H15NO3S/c1-2-20-17(19)16-9-12-6-7-14(10-15(12)22-16)21-11-13-5-3-4-8-18-13/h3-10H,2,11H2,1H3. The van der Waals surface area contributed by atoms with Gasteiger partial charge >= 0.3 is 5.97 Å². The van der Waals surface area contributed by atoms with Gasteiger partial charge in [-0.1, -0.05) is 6.07 Å². The van der Waals surface area contributed by atoms with E-state index in [0.29, 0.717) is 18.1 Å². The number of carbonyl (C=O) groups is 1. The lowest BCUT2D eigenvalue weighted by Gasteiger charge is -2.05. The maximum atomic E-state index is 11.8. The average Bonchev–Trinajstić information content (AvgIpc) is 2.97. The van der Waals surface area contributed by atoms with Crippen LogP contribution in [0.25, 0.3) is 10.1 Å². The maximum absolute atomic E-state index is 11.8. The third-order valence-electron chi connectivity index (χ3n) is 3.08. The quantitative estimate of drug-likeness (QED) is 0.667. The number of fused-ring (bicyclic) bond motifs is 1. The number of benzene rings is 1. The molecule has 0 unspecified atom stereocenters. The molecule has 0 saturated carbocycles. The lowest BCUT2D eigenvalue weighted by Crippen LogP contribution is -2.01. The van der Waals surface area contributed by atoms with Gasteiger partial charge in [0.25, 0.3) is 0 Å². The second-order valence-corrected chi connectivity index (χ2v) is 5.72. The van der Waals surface area contributed by atoms with E-state index in [9.17, 15) is 4.79 Å². The van der Waals surface area contributed by atoms with Gasteiger partial charge in [0.2, 0.25) is 0 Å². The summed E-state index contributed by atoms with van der Waals surface area (Å²) in [4.78, 5) is 16.6. The van der Waals surface area contributed by atoms with Crippen LogP contribution in [0.3, 0.4) is 0 Å². The van der Waals surface area contributed by atoms with Gasteiger partial charge in [0.05, 0.1) is 12.3 Å². The number of thiophene rings is 1. The molecule has 0 fully saturated rings. The number of hydrogen-bond acceptors (Lipinski definition) is 5. The van der Waals surface area contributed by atoms with Gasteiger partial charge in [0, 0.05) is 10.9 Å². The first-order chi connectivity index (χ1) is 10.8. The molecule has 2 aromatic heterocycles. The molecule has 0 spiro atoms. The zero-order chi connectivity index (χ0) is 15.4. The molecule has 3 aromatic rings. The van der Waals surface area contributed by atoms with Gasteiger partial charge < -0.3 is 9.47 Å². The predicted octanol–water partition coefficient (Wildman–Crippen LogP) is 4.05. The summed E-state index contributed by atoms with van der Waals surface area (Å²) in [5.74, 6) is 0.482. The van der Waals surface area contributed by atoms with Crippen molar-refractivity contribution in [2.45, 2.75) is 13.5 Å². The number of ether oxygens (including phenoxy) is 2. The zero-order valence-electron chi connectivity index (χ0n) is 12.1. The number of nitrogens with zero attached hydrogens (tertiary/aromatic N) is 1. The number of pyridine rings is 1. The Hall–Kier alpha value is -2.40. The summed E-state index contributed by atoms with van der Waals surface area (Å²) in [6.45, 7) is 2.60. The van der Waals surface area contributed by atoms with Crippen molar-refractivity contribution >= 4 is 27.4 Å². The summed E-state index contributed by atoms with van der Waals surface area (Å²) in [6, 6.07) is 13.3. The first-order valence-corrected chi connectivity index (χ1v) is 7.81. The Morgan fingerprint density at radius 2 is 2.14 bits per heavy atom. The Bertz CT molecular complexity index is 783. The van der Waals surface area contributed by atoms with Gasteiger partial charge in [-0.15, -0.1) is 11.3 Å². The van der Waals surface area contributed by atoms with Crippen molar-refractivity contribution in [3.63, 3.8) is 0 Å². The molecule has 0 saturated heterocycles. The number of carbonyl (C=O) groups excluding carboxylic acids is 1. The smallest absolute Gasteiger partial charge is 0.348 e. The summed E-state index contributed by atoms with van der Waals surface area (Å²) < 4.78 is 11.8. The van der Waals surface area contributed by atoms with Gasteiger partial charge in [-0.3, -0.25) is 4.98 Å². The van der Waals surface area contributed by atoms with Gasteiger partial charge in [-0.25, -0.2) is 4.79 Å². The monoisotopic (exact) mass is 313 g/mol. The Labute approximate surface area is 132 Å². The Morgan fingerprint density at radius 1 is 1.23 bits per heavy atom. The van der Waals surface area contributed by atoms with Crippen LogP contribution >= 0.6 is 11.3 Å². The second kappa shape index (κ2) is 6.58.